The second-order valence-electron chi connectivity index (χ2n) is 7.50. The van der Waals surface area contributed by atoms with E-state index in [0.717, 1.165) is 10.9 Å². The molecule has 0 aliphatic heterocycles. The minimum Gasteiger partial charge on any atom is -0.497 e. The van der Waals surface area contributed by atoms with Crippen molar-refractivity contribution in [3.05, 3.63) is 76.1 Å². The van der Waals surface area contributed by atoms with Gasteiger partial charge in [0.25, 0.3) is 11.5 Å². The Bertz CT molecular complexity index is 1010. The summed E-state index contributed by atoms with van der Waals surface area (Å²) in [6, 6.07) is 16.5. The Kier molecular flexibility index (Phi) is 5.04. The zero-order valence-electron chi connectivity index (χ0n) is 16.1. The maximum atomic E-state index is 13.1. The molecular formula is C22H24N2O3. The average Bonchev–Trinajstić information content (AvgIpc) is 2.65. The number of benzene rings is 2. The molecule has 1 aromatic heterocycles. The third-order valence-corrected chi connectivity index (χ3v) is 4.55. The van der Waals surface area contributed by atoms with Crippen LogP contribution < -0.4 is 10.3 Å². The molecule has 0 saturated carbocycles. The van der Waals surface area contributed by atoms with Crippen LogP contribution in [0.4, 0.5) is 0 Å². The number of aromatic nitrogens is 1. The minimum atomic E-state index is -0.449. The van der Waals surface area contributed by atoms with Gasteiger partial charge in [-0.25, -0.2) is 0 Å². The Hall–Kier alpha value is -3.08. The van der Waals surface area contributed by atoms with E-state index >= 15 is 0 Å². The van der Waals surface area contributed by atoms with Crippen molar-refractivity contribution in [3.63, 3.8) is 0 Å². The van der Waals surface area contributed by atoms with Gasteiger partial charge in [0, 0.05) is 22.2 Å². The summed E-state index contributed by atoms with van der Waals surface area (Å²) in [7, 11) is 1.59. The molecule has 0 spiro atoms. The van der Waals surface area contributed by atoms with Gasteiger partial charge in [-0.2, -0.15) is 0 Å². The summed E-state index contributed by atoms with van der Waals surface area (Å²) in [5.74, 6) is 0.567. The van der Waals surface area contributed by atoms with Gasteiger partial charge in [0.15, 0.2) is 0 Å². The van der Waals surface area contributed by atoms with Crippen LogP contribution in [0, 0.1) is 0 Å². The fourth-order valence-electron chi connectivity index (χ4n) is 2.98. The molecule has 0 aliphatic rings. The molecule has 1 amide bonds. The summed E-state index contributed by atoms with van der Waals surface area (Å²) in [6.45, 7) is 6.12. The number of carbonyl (C=O) groups excluding carboxylic acids is 1. The predicted molar refractivity (Wildman–Crippen MR) is 107 cm³/mol. The summed E-state index contributed by atoms with van der Waals surface area (Å²) >= 11 is 0. The number of para-hydroxylation sites is 1. The van der Waals surface area contributed by atoms with E-state index in [1.54, 1.807) is 36.3 Å². The number of hydrogen-bond acceptors (Lipinski definition) is 3. The highest BCUT2D eigenvalue weighted by Crippen LogP contribution is 2.22. The molecule has 0 radical (unpaired) electrons. The molecule has 5 nitrogen and oxygen atoms in total. The Morgan fingerprint density at radius 1 is 1.07 bits per heavy atom. The average molecular weight is 364 g/mol. The first-order valence-corrected chi connectivity index (χ1v) is 8.86. The van der Waals surface area contributed by atoms with Crippen LogP contribution >= 0.6 is 0 Å². The van der Waals surface area contributed by atoms with E-state index in [9.17, 15) is 9.59 Å². The monoisotopic (exact) mass is 364 g/mol. The first kappa shape index (κ1) is 18.7. The number of ether oxygens (including phenoxy) is 1. The molecule has 0 atom stereocenters. The molecule has 0 unspecified atom stereocenters. The molecule has 5 heteroatoms. The fourth-order valence-corrected chi connectivity index (χ4v) is 2.98. The van der Waals surface area contributed by atoms with Crippen LogP contribution in [0.5, 0.6) is 5.75 Å². The Morgan fingerprint density at radius 2 is 1.74 bits per heavy atom. The standard InChI is InChI=1S/C22H24N2O3/c1-22(2,3)24(21(26)15-9-11-18(27-4)12-10-15)14-17-13-16-7-5-6-8-19(16)23-20(17)25/h5-13H,14H2,1-4H3,(H,23,25). The van der Waals surface area contributed by atoms with Crippen molar-refractivity contribution < 1.29 is 9.53 Å². The summed E-state index contributed by atoms with van der Waals surface area (Å²) < 4.78 is 5.16. The topological polar surface area (TPSA) is 62.4 Å². The molecule has 0 aliphatic carbocycles. The summed E-state index contributed by atoms with van der Waals surface area (Å²) in [6.07, 6.45) is 0. The third kappa shape index (κ3) is 4.03. The number of nitrogens with zero attached hydrogens (tertiary/aromatic N) is 1. The SMILES string of the molecule is COc1ccc(C(=O)N(Cc2cc3ccccc3[nH]c2=O)C(C)(C)C)cc1. The maximum Gasteiger partial charge on any atom is 0.254 e. The second kappa shape index (κ2) is 7.27. The van der Waals surface area contributed by atoms with Crippen molar-refractivity contribution in [2.45, 2.75) is 32.9 Å². The van der Waals surface area contributed by atoms with Crippen LogP contribution in [0.2, 0.25) is 0 Å². The van der Waals surface area contributed by atoms with E-state index in [1.165, 1.54) is 0 Å². The van der Waals surface area contributed by atoms with E-state index in [1.807, 2.05) is 51.1 Å². The molecule has 1 N–H and O–H groups in total. The number of nitrogens with one attached hydrogen (secondary N) is 1. The Morgan fingerprint density at radius 3 is 2.37 bits per heavy atom. The third-order valence-electron chi connectivity index (χ3n) is 4.55. The van der Waals surface area contributed by atoms with Gasteiger partial charge in [-0.05, 0) is 62.6 Å². The number of aromatic amines is 1. The molecule has 0 saturated heterocycles. The van der Waals surface area contributed by atoms with Crippen molar-refractivity contribution in [1.82, 2.24) is 9.88 Å². The van der Waals surface area contributed by atoms with Gasteiger partial charge in [0.1, 0.15) is 5.75 Å². The molecule has 3 aromatic rings. The number of H-pyrrole nitrogens is 1. The lowest BCUT2D eigenvalue weighted by Crippen LogP contribution is -2.46. The number of pyridine rings is 1. The van der Waals surface area contributed by atoms with Crippen LogP contribution in [0.15, 0.2) is 59.4 Å². The summed E-state index contributed by atoms with van der Waals surface area (Å²) in [5, 5.41) is 0.942. The van der Waals surface area contributed by atoms with Gasteiger partial charge in [0.05, 0.1) is 13.7 Å². The zero-order chi connectivity index (χ0) is 19.6. The van der Waals surface area contributed by atoms with Crippen molar-refractivity contribution in [3.8, 4) is 5.75 Å². The smallest absolute Gasteiger partial charge is 0.254 e. The second-order valence-corrected chi connectivity index (χ2v) is 7.50. The number of hydrogen-bond donors (Lipinski definition) is 1. The van der Waals surface area contributed by atoms with Gasteiger partial charge < -0.3 is 14.6 Å². The van der Waals surface area contributed by atoms with Crippen LogP contribution in [0.1, 0.15) is 36.7 Å². The number of carbonyl (C=O) groups is 1. The van der Waals surface area contributed by atoms with Crippen LogP contribution in [-0.2, 0) is 6.54 Å². The molecule has 0 bridgehead atoms. The van der Waals surface area contributed by atoms with Crippen molar-refractivity contribution in [1.29, 1.82) is 0 Å². The lowest BCUT2D eigenvalue weighted by molar-refractivity contribution is 0.0558. The van der Waals surface area contributed by atoms with E-state index in [0.29, 0.717) is 16.9 Å². The summed E-state index contributed by atoms with van der Waals surface area (Å²) in [4.78, 5) is 30.3. The lowest BCUT2D eigenvalue weighted by Gasteiger charge is -2.35. The highest BCUT2D eigenvalue weighted by Gasteiger charge is 2.28. The van der Waals surface area contributed by atoms with Crippen molar-refractivity contribution in [2.75, 3.05) is 7.11 Å². The zero-order valence-corrected chi connectivity index (χ0v) is 16.1. The molecule has 140 valence electrons. The highest BCUT2D eigenvalue weighted by molar-refractivity contribution is 5.94. The van der Waals surface area contributed by atoms with Crippen LogP contribution in [-0.4, -0.2) is 28.4 Å². The quantitative estimate of drug-likeness (QED) is 0.762. The van der Waals surface area contributed by atoms with E-state index in [2.05, 4.69) is 4.98 Å². The lowest BCUT2D eigenvalue weighted by atomic mass is 10.0. The maximum absolute atomic E-state index is 13.1. The summed E-state index contributed by atoms with van der Waals surface area (Å²) in [5.41, 5.74) is 1.28. The molecule has 2 aromatic carbocycles. The van der Waals surface area contributed by atoms with E-state index in [4.69, 9.17) is 4.74 Å². The number of methoxy groups -OCH3 is 1. The first-order valence-electron chi connectivity index (χ1n) is 8.86. The van der Waals surface area contributed by atoms with Crippen LogP contribution in [0.3, 0.4) is 0 Å². The van der Waals surface area contributed by atoms with Crippen LogP contribution in [0.25, 0.3) is 10.9 Å². The highest BCUT2D eigenvalue weighted by atomic mass is 16.5. The first-order chi connectivity index (χ1) is 12.8. The minimum absolute atomic E-state index is 0.127. The van der Waals surface area contributed by atoms with Crippen molar-refractivity contribution >= 4 is 16.8 Å². The predicted octanol–water partition coefficient (Wildman–Crippen LogP) is 3.98. The molecular weight excluding hydrogens is 340 g/mol. The Labute approximate surface area is 158 Å². The molecule has 27 heavy (non-hydrogen) atoms. The van der Waals surface area contributed by atoms with Gasteiger partial charge in [-0.1, -0.05) is 18.2 Å². The molecule has 3 rings (SSSR count). The molecule has 0 fully saturated rings. The van der Waals surface area contributed by atoms with E-state index in [-0.39, 0.29) is 18.0 Å². The normalized spacial score (nSPS) is 11.4. The van der Waals surface area contributed by atoms with Gasteiger partial charge in [-0.3, -0.25) is 9.59 Å². The molecule has 1 heterocycles. The van der Waals surface area contributed by atoms with Gasteiger partial charge in [0.2, 0.25) is 0 Å². The largest absolute Gasteiger partial charge is 0.497 e. The number of fused-ring (bicyclic) bond motifs is 1. The van der Waals surface area contributed by atoms with Crippen molar-refractivity contribution in [2.24, 2.45) is 0 Å². The van der Waals surface area contributed by atoms with Gasteiger partial charge in [-0.15, -0.1) is 0 Å². The fraction of sp³-hybridized carbons (Fsp3) is 0.273. The van der Waals surface area contributed by atoms with E-state index < -0.39 is 5.54 Å². The number of amides is 1. The Balaban J connectivity index is 1.97. The van der Waals surface area contributed by atoms with Gasteiger partial charge >= 0.3 is 0 Å². The number of rotatable bonds is 4.